The molecule has 14 nitrogen and oxygen atoms in total. The molecule has 0 amide bonds. The van der Waals surface area contributed by atoms with Gasteiger partial charge in [-0.2, -0.15) is 0 Å². The fourth-order valence-electron chi connectivity index (χ4n) is 8.50. The highest BCUT2D eigenvalue weighted by molar-refractivity contribution is 6.42. The Labute approximate surface area is 307 Å². The number of Topliss-reactive ketones (excluding diaryl/α,β-unsaturated/α-hetero) is 2. The van der Waals surface area contributed by atoms with Crippen molar-refractivity contribution >= 4 is 17.1 Å². The predicted octanol–water partition coefficient (Wildman–Crippen LogP) is 3.32. The first kappa shape index (κ1) is 38.0. The zero-order valence-electron chi connectivity index (χ0n) is 30.6. The van der Waals surface area contributed by atoms with Crippen molar-refractivity contribution in [3.63, 3.8) is 0 Å². The number of phenolic OH excluding ortho intramolecular Hbond substituents is 2. The Morgan fingerprint density at radius 1 is 0.717 bits per heavy atom. The molecule has 14 heteroatoms. The molecule has 7 rings (SSSR count). The summed E-state index contributed by atoms with van der Waals surface area (Å²) in [7, 11) is 2.86. The highest BCUT2D eigenvalue weighted by Gasteiger charge is 2.49. The molecule has 13 atom stereocenters. The molecule has 0 spiro atoms. The molecule has 13 unspecified atom stereocenters. The first-order chi connectivity index (χ1) is 25.2. The van der Waals surface area contributed by atoms with E-state index < -0.39 is 90.9 Å². The molecule has 3 heterocycles. The minimum atomic E-state index is -1.04. The van der Waals surface area contributed by atoms with E-state index in [0.29, 0.717) is 18.4 Å². The third-order valence-electron chi connectivity index (χ3n) is 11.3. The van der Waals surface area contributed by atoms with E-state index >= 15 is 0 Å². The summed E-state index contributed by atoms with van der Waals surface area (Å²) in [5.41, 5.74) is 1.46. The number of phenols is 2. The summed E-state index contributed by atoms with van der Waals surface area (Å²) in [6, 6.07) is 6.31. The van der Waals surface area contributed by atoms with Crippen LogP contribution in [0, 0.1) is 6.92 Å². The number of aromatic hydroxyl groups is 2. The molecule has 0 saturated carbocycles. The molecule has 5 aliphatic rings. The lowest BCUT2D eigenvalue weighted by Gasteiger charge is -2.43. The van der Waals surface area contributed by atoms with Crippen molar-refractivity contribution in [2.45, 2.75) is 133 Å². The van der Waals surface area contributed by atoms with Crippen LogP contribution in [0.2, 0.25) is 0 Å². The van der Waals surface area contributed by atoms with Gasteiger partial charge in [0.1, 0.15) is 35.9 Å². The minimum Gasteiger partial charge on any atom is -0.507 e. The smallest absolute Gasteiger partial charge is 0.196 e. The maximum Gasteiger partial charge on any atom is 0.196 e. The monoisotopic (exact) mass is 740 g/mol. The Balaban J connectivity index is 1.11. The molecular weight excluding hydrogens is 692 g/mol. The van der Waals surface area contributed by atoms with Crippen LogP contribution in [0.25, 0.3) is 5.57 Å². The molecule has 288 valence electrons. The minimum absolute atomic E-state index is 0.00740. The van der Waals surface area contributed by atoms with E-state index in [2.05, 4.69) is 0 Å². The van der Waals surface area contributed by atoms with Crippen molar-refractivity contribution in [1.29, 1.82) is 0 Å². The van der Waals surface area contributed by atoms with Crippen LogP contribution in [-0.2, 0) is 33.2 Å². The number of aryl methyl sites for hydroxylation is 1. The normalized spacial score (nSPS) is 37.3. The molecule has 0 radical (unpaired) electrons. The van der Waals surface area contributed by atoms with Crippen LogP contribution in [0.15, 0.2) is 29.8 Å². The lowest BCUT2D eigenvalue weighted by Crippen LogP contribution is -2.51. The average Bonchev–Trinajstić information content (AvgIpc) is 3.11. The first-order valence-electron chi connectivity index (χ1n) is 18.1. The second-order valence-electron chi connectivity index (χ2n) is 14.8. The number of carbonyl (C=O) groups excluding carboxylic acids is 2. The Bertz CT molecular complexity index is 1780. The largest absolute Gasteiger partial charge is 0.507 e. The van der Waals surface area contributed by atoms with Crippen molar-refractivity contribution in [1.82, 2.24) is 0 Å². The quantitative estimate of drug-likeness (QED) is 0.277. The molecule has 2 aromatic rings. The topological polar surface area (TPSA) is 200 Å². The second kappa shape index (κ2) is 14.8. The van der Waals surface area contributed by atoms with Crippen molar-refractivity contribution in [3.8, 4) is 11.5 Å². The Hall–Kier alpha value is -3.28. The zero-order valence-corrected chi connectivity index (χ0v) is 30.6. The molecule has 2 aromatic carbocycles. The van der Waals surface area contributed by atoms with Gasteiger partial charge in [-0.15, -0.1) is 0 Å². The summed E-state index contributed by atoms with van der Waals surface area (Å²) in [4.78, 5) is 28.6. The van der Waals surface area contributed by atoms with E-state index in [9.17, 15) is 35.1 Å². The van der Waals surface area contributed by atoms with E-state index in [4.69, 9.17) is 33.2 Å². The van der Waals surface area contributed by atoms with Crippen molar-refractivity contribution < 1.29 is 68.3 Å². The number of hydrogen-bond donors (Lipinski definition) is 5. The van der Waals surface area contributed by atoms with Crippen molar-refractivity contribution in [3.05, 3.63) is 63.2 Å². The van der Waals surface area contributed by atoms with E-state index in [1.807, 2.05) is 6.92 Å². The lowest BCUT2D eigenvalue weighted by atomic mass is 9.71. The number of fused-ring (bicyclic) bond motifs is 3. The summed E-state index contributed by atoms with van der Waals surface area (Å²) >= 11 is 0. The molecule has 3 saturated heterocycles. The van der Waals surface area contributed by atoms with Gasteiger partial charge in [0, 0.05) is 61.3 Å². The zero-order chi connectivity index (χ0) is 38.0. The van der Waals surface area contributed by atoms with Gasteiger partial charge in [-0.3, -0.25) is 9.59 Å². The number of aliphatic hydroxyl groups excluding tert-OH is 3. The molecule has 3 aliphatic heterocycles. The third-order valence-corrected chi connectivity index (χ3v) is 11.3. The van der Waals surface area contributed by atoms with Gasteiger partial charge in [0.15, 0.2) is 24.1 Å². The van der Waals surface area contributed by atoms with Crippen molar-refractivity contribution in [2.24, 2.45) is 0 Å². The molecule has 0 bridgehead atoms. The maximum atomic E-state index is 14.4. The van der Waals surface area contributed by atoms with E-state index in [-0.39, 0.29) is 58.1 Å². The Morgan fingerprint density at radius 2 is 1.40 bits per heavy atom. The van der Waals surface area contributed by atoms with E-state index in [0.717, 1.165) is 5.56 Å². The summed E-state index contributed by atoms with van der Waals surface area (Å²) in [5, 5.41) is 54.1. The van der Waals surface area contributed by atoms with Gasteiger partial charge < -0.3 is 58.7 Å². The maximum absolute atomic E-state index is 14.4. The standard InChI is InChI=1S/C39H48O14/c1-15-11-21-29(22(40)12-15)31-32(39(48-6)38(21)47-5)37(46)30-20(36(31)45)8-7-19(35(30)44)25-14-26(34(43)18(4)49-25)53-27-10-9-24(16(2)50-27)52-28-13-23(41)33(42)17(3)51-28/h7-8,11-12,16-18,23-28,33-34,38-44H,9-10,13-14H2,1-6H3. The van der Waals surface area contributed by atoms with Crippen LogP contribution in [0.3, 0.4) is 0 Å². The van der Waals surface area contributed by atoms with Crippen LogP contribution < -0.4 is 0 Å². The van der Waals surface area contributed by atoms with Gasteiger partial charge in [0.25, 0.3) is 0 Å². The van der Waals surface area contributed by atoms with Crippen LogP contribution in [0.5, 0.6) is 11.5 Å². The van der Waals surface area contributed by atoms with Crippen LogP contribution >= 0.6 is 0 Å². The number of carbonyl (C=O) groups is 2. The summed E-state index contributed by atoms with van der Waals surface area (Å²) in [6.45, 7) is 6.99. The highest BCUT2D eigenvalue weighted by Crippen LogP contribution is 2.51. The van der Waals surface area contributed by atoms with E-state index in [1.54, 1.807) is 26.8 Å². The number of rotatable bonds is 7. The van der Waals surface area contributed by atoms with Crippen LogP contribution in [0.4, 0.5) is 0 Å². The van der Waals surface area contributed by atoms with Crippen LogP contribution in [0.1, 0.15) is 102 Å². The lowest BCUT2D eigenvalue weighted by molar-refractivity contribution is -0.306. The summed E-state index contributed by atoms with van der Waals surface area (Å²) in [6.07, 6.45) is -8.65. The fraction of sp³-hybridized carbons (Fsp3) is 0.590. The first-order valence-corrected chi connectivity index (χ1v) is 18.1. The van der Waals surface area contributed by atoms with Crippen LogP contribution in [-0.4, -0.2) is 119 Å². The number of ether oxygens (including phenoxy) is 7. The molecular formula is C39H48O14. The SMILES string of the molecule is COC1C2=C(C(=O)c3ccc(C4CC(OC5CCC(OC6CC(O)C(O)C(C)O6)C(C)O5)C(O)C(C)O4)c(O)c3C2=O)c2c(O)cc(C)cc2C1OC. The number of benzene rings is 2. The number of allylic oxidation sites excluding steroid dienone is 1. The summed E-state index contributed by atoms with van der Waals surface area (Å²) in [5.74, 6) is -1.78. The van der Waals surface area contributed by atoms with E-state index in [1.165, 1.54) is 32.4 Å². The highest BCUT2D eigenvalue weighted by atomic mass is 16.7. The number of methoxy groups -OCH3 is 2. The Kier molecular flexibility index (Phi) is 10.6. The number of ketones is 2. The third kappa shape index (κ3) is 6.62. The van der Waals surface area contributed by atoms with Gasteiger partial charge in [-0.05, 0) is 57.4 Å². The fourth-order valence-corrected chi connectivity index (χ4v) is 8.50. The average molecular weight is 741 g/mol. The van der Waals surface area contributed by atoms with Gasteiger partial charge >= 0.3 is 0 Å². The molecule has 3 fully saturated rings. The molecule has 53 heavy (non-hydrogen) atoms. The molecule has 0 aromatic heterocycles. The molecule has 2 aliphatic carbocycles. The van der Waals surface area contributed by atoms with Gasteiger partial charge in [-0.1, -0.05) is 12.1 Å². The molecule has 5 N–H and O–H groups in total. The van der Waals surface area contributed by atoms with Gasteiger partial charge in [-0.25, -0.2) is 0 Å². The second-order valence-corrected chi connectivity index (χ2v) is 14.8. The van der Waals surface area contributed by atoms with Gasteiger partial charge in [0.2, 0.25) is 0 Å². The predicted molar refractivity (Wildman–Crippen MR) is 185 cm³/mol. The Morgan fingerprint density at radius 3 is 2.08 bits per heavy atom. The summed E-state index contributed by atoms with van der Waals surface area (Å²) < 4.78 is 42.0. The van der Waals surface area contributed by atoms with Gasteiger partial charge in [0.05, 0.1) is 48.3 Å². The number of aliphatic hydroxyl groups is 3. The van der Waals surface area contributed by atoms with Crippen molar-refractivity contribution in [2.75, 3.05) is 14.2 Å². The number of hydrogen-bond acceptors (Lipinski definition) is 14.